The Morgan fingerprint density at radius 2 is 1.97 bits per heavy atom. The predicted octanol–water partition coefficient (Wildman–Crippen LogP) is 3.74. The summed E-state index contributed by atoms with van der Waals surface area (Å²) in [6.45, 7) is 10.2. The summed E-state index contributed by atoms with van der Waals surface area (Å²) >= 11 is 0. The number of pyridine rings is 1. The van der Waals surface area contributed by atoms with Gasteiger partial charge in [-0.1, -0.05) is 0 Å². The zero-order valence-electron chi connectivity index (χ0n) is 20.4. The maximum Gasteiger partial charge on any atom is 0.255 e. The van der Waals surface area contributed by atoms with Crippen molar-refractivity contribution < 1.29 is 19.0 Å². The number of phenols is 1. The topological polar surface area (TPSA) is 94.6 Å². The van der Waals surface area contributed by atoms with E-state index in [-0.39, 0.29) is 29.3 Å². The van der Waals surface area contributed by atoms with Gasteiger partial charge in [0.25, 0.3) is 5.91 Å². The minimum absolute atomic E-state index is 0.0304. The van der Waals surface area contributed by atoms with Crippen molar-refractivity contribution in [3.8, 4) is 17.0 Å². The molecule has 0 spiro atoms. The Morgan fingerprint density at radius 1 is 1.20 bits per heavy atom. The number of hydrogen-bond donors (Lipinski definition) is 2. The van der Waals surface area contributed by atoms with E-state index in [1.165, 1.54) is 12.1 Å². The van der Waals surface area contributed by atoms with E-state index in [0.29, 0.717) is 34.8 Å². The van der Waals surface area contributed by atoms with Gasteiger partial charge in [0.05, 0.1) is 16.6 Å². The molecule has 2 saturated heterocycles. The first-order chi connectivity index (χ1) is 16.8. The van der Waals surface area contributed by atoms with E-state index in [1.807, 2.05) is 11.8 Å². The van der Waals surface area contributed by atoms with Crippen LogP contribution < -0.4 is 0 Å². The number of phenolic OH excluding ortho intramolecular Hbond substituents is 1. The highest BCUT2D eigenvalue weighted by Crippen LogP contribution is 2.31. The van der Waals surface area contributed by atoms with Gasteiger partial charge >= 0.3 is 0 Å². The van der Waals surface area contributed by atoms with Gasteiger partial charge in [-0.3, -0.25) is 14.8 Å². The molecule has 8 nitrogen and oxygen atoms in total. The molecule has 1 aromatic carbocycles. The molecule has 2 aromatic heterocycles. The second-order valence-electron chi connectivity index (χ2n) is 9.93. The van der Waals surface area contributed by atoms with Crippen molar-refractivity contribution in [1.82, 2.24) is 25.0 Å². The average molecular weight is 482 g/mol. The summed E-state index contributed by atoms with van der Waals surface area (Å²) in [6, 6.07) is 5.82. The number of rotatable bonds is 4. The minimum Gasteiger partial charge on any atom is -0.508 e. The Morgan fingerprint density at radius 3 is 2.71 bits per heavy atom. The highest BCUT2D eigenvalue weighted by atomic mass is 19.1. The van der Waals surface area contributed by atoms with Crippen molar-refractivity contribution in [2.24, 2.45) is 5.92 Å². The average Bonchev–Trinajstić information content (AvgIpc) is 3.21. The van der Waals surface area contributed by atoms with Gasteiger partial charge in [-0.2, -0.15) is 5.10 Å². The maximum atomic E-state index is 14.6. The molecule has 0 saturated carbocycles. The van der Waals surface area contributed by atoms with Crippen LogP contribution in [0.3, 0.4) is 0 Å². The number of nitrogens with one attached hydrogen (secondary N) is 1. The van der Waals surface area contributed by atoms with Gasteiger partial charge in [-0.15, -0.1) is 0 Å². The van der Waals surface area contributed by atoms with Crippen LogP contribution >= 0.6 is 0 Å². The second kappa shape index (κ2) is 9.54. The van der Waals surface area contributed by atoms with Crippen LogP contribution in [0.1, 0.15) is 42.7 Å². The number of halogens is 1. The number of carbonyl (C=O) groups excluding carboxylic acids is 1. The van der Waals surface area contributed by atoms with Gasteiger partial charge in [0.1, 0.15) is 11.6 Å². The van der Waals surface area contributed by atoms with Gasteiger partial charge in [-0.05, 0) is 57.7 Å². The molecule has 0 radical (unpaired) electrons. The van der Waals surface area contributed by atoms with Crippen molar-refractivity contribution in [2.45, 2.75) is 45.7 Å². The molecule has 9 heteroatoms. The van der Waals surface area contributed by atoms with Crippen LogP contribution in [-0.2, 0) is 4.74 Å². The number of aromatic amines is 1. The molecule has 3 aromatic rings. The Balaban J connectivity index is 1.44. The molecule has 4 heterocycles. The van der Waals surface area contributed by atoms with E-state index in [9.17, 15) is 14.3 Å². The Labute approximate surface area is 204 Å². The first kappa shape index (κ1) is 23.7. The van der Waals surface area contributed by atoms with Gasteiger partial charge < -0.3 is 14.7 Å². The predicted molar refractivity (Wildman–Crippen MR) is 131 cm³/mol. The molecule has 0 aliphatic carbocycles. The molecule has 2 fully saturated rings. The summed E-state index contributed by atoms with van der Waals surface area (Å²) in [5.74, 6) is -0.240. The number of ether oxygens (including phenoxy) is 1. The van der Waals surface area contributed by atoms with E-state index in [1.54, 1.807) is 6.07 Å². The molecule has 35 heavy (non-hydrogen) atoms. The van der Waals surface area contributed by atoms with Crippen molar-refractivity contribution in [2.75, 3.05) is 32.8 Å². The SMILES string of the molecule is Cc1[nH]nc2nc(-c3ccc(O)cc3F)cc(C(=O)N3CC(C)N(CC4CCOCC4)CC3C)c12. The number of benzene rings is 1. The van der Waals surface area contributed by atoms with Crippen molar-refractivity contribution in [1.29, 1.82) is 0 Å². The number of H-pyrrole nitrogens is 1. The first-order valence-corrected chi connectivity index (χ1v) is 12.3. The molecule has 0 bridgehead atoms. The number of nitrogens with zero attached hydrogens (tertiary/aromatic N) is 4. The summed E-state index contributed by atoms with van der Waals surface area (Å²) in [5, 5.41) is 17.4. The molecule has 1 amide bonds. The van der Waals surface area contributed by atoms with Gasteiger partial charge in [0.2, 0.25) is 0 Å². The lowest BCUT2D eigenvalue weighted by molar-refractivity contribution is 0.00945. The van der Waals surface area contributed by atoms with E-state index in [2.05, 4.69) is 33.9 Å². The fraction of sp³-hybridized carbons (Fsp3) is 0.500. The van der Waals surface area contributed by atoms with Crippen LogP contribution in [0.15, 0.2) is 24.3 Å². The second-order valence-corrected chi connectivity index (χ2v) is 9.93. The molecular formula is C26H32FN5O3. The van der Waals surface area contributed by atoms with E-state index in [0.717, 1.165) is 50.9 Å². The van der Waals surface area contributed by atoms with Crippen molar-refractivity contribution >= 4 is 16.9 Å². The maximum absolute atomic E-state index is 14.6. The van der Waals surface area contributed by atoms with E-state index in [4.69, 9.17) is 4.74 Å². The van der Waals surface area contributed by atoms with Crippen molar-refractivity contribution in [3.05, 3.63) is 41.3 Å². The number of fused-ring (bicyclic) bond motifs is 1. The van der Waals surface area contributed by atoms with Crippen LogP contribution in [0.2, 0.25) is 0 Å². The molecule has 2 unspecified atom stereocenters. The summed E-state index contributed by atoms with van der Waals surface area (Å²) in [4.78, 5) is 22.8. The molecule has 2 aliphatic heterocycles. The third-order valence-corrected chi connectivity index (χ3v) is 7.37. The van der Waals surface area contributed by atoms with Gasteiger partial charge in [-0.25, -0.2) is 9.37 Å². The fourth-order valence-electron chi connectivity index (χ4n) is 5.34. The third-order valence-electron chi connectivity index (χ3n) is 7.37. The summed E-state index contributed by atoms with van der Waals surface area (Å²) in [6.07, 6.45) is 2.18. The molecule has 2 aliphatic rings. The number of amides is 1. The smallest absolute Gasteiger partial charge is 0.255 e. The zero-order chi connectivity index (χ0) is 24.7. The normalized spacial score (nSPS) is 22.1. The number of hydrogen-bond acceptors (Lipinski definition) is 6. The van der Waals surface area contributed by atoms with Crippen LogP contribution in [0, 0.1) is 18.7 Å². The highest BCUT2D eigenvalue weighted by Gasteiger charge is 2.35. The number of carbonyl (C=O) groups is 1. The lowest BCUT2D eigenvalue weighted by atomic mass is 9.97. The Bertz CT molecular complexity index is 1240. The molecule has 2 N–H and O–H groups in total. The molecular weight excluding hydrogens is 449 g/mol. The summed E-state index contributed by atoms with van der Waals surface area (Å²) < 4.78 is 20.1. The van der Waals surface area contributed by atoms with Gasteiger partial charge in [0.15, 0.2) is 5.65 Å². The summed E-state index contributed by atoms with van der Waals surface area (Å²) in [7, 11) is 0. The molecule has 5 rings (SSSR count). The van der Waals surface area contributed by atoms with Gasteiger partial charge in [0, 0.05) is 62.3 Å². The van der Waals surface area contributed by atoms with E-state index < -0.39 is 5.82 Å². The number of piperazine rings is 1. The fourth-order valence-corrected chi connectivity index (χ4v) is 5.34. The standard InChI is InChI=1S/C26H32FN5O3/c1-15-13-32(16(2)12-31(15)14-18-6-8-35-9-7-18)26(34)21-11-23(20-5-4-19(33)10-22(20)27)28-25-24(21)17(3)29-30-25/h4-5,10-11,15-16,18,33H,6-9,12-14H2,1-3H3,(H,28,29,30). The zero-order valence-corrected chi connectivity index (χ0v) is 20.4. The first-order valence-electron chi connectivity index (χ1n) is 12.3. The lowest BCUT2D eigenvalue weighted by Crippen LogP contribution is -2.58. The van der Waals surface area contributed by atoms with Crippen LogP contribution in [0.25, 0.3) is 22.3 Å². The lowest BCUT2D eigenvalue weighted by Gasteiger charge is -2.45. The van der Waals surface area contributed by atoms with Crippen molar-refractivity contribution in [3.63, 3.8) is 0 Å². The Hall–Kier alpha value is -3.04. The third kappa shape index (κ3) is 4.62. The monoisotopic (exact) mass is 481 g/mol. The van der Waals surface area contributed by atoms with E-state index >= 15 is 0 Å². The largest absolute Gasteiger partial charge is 0.508 e. The molecule has 186 valence electrons. The van der Waals surface area contributed by atoms with Crippen LogP contribution in [-0.4, -0.2) is 80.9 Å². The minimum atomic E-state index is -0.605. The quantitative estimate of drug-likeness (QED) is 0.590. The number of aromatic hydroxyl groups is 1. The highest BCUT2D eigenvalue weighted by molar-refractivity contribution is 6.07. The van der Waals surface area contributed by atoms with Crippen LogP contribution in [0.5, 0.6) is 5.75 Å². The number of aryl methyl sites for hydroxylation is 1. The Kier molecular flexibility index (Phi) is 6.46. The summed E-state index contributed by atoms with van der Waals surface area (Å²) in [5.41, 5.74) is 2.09. The van der Waals surface area contributed by atoms with Crippen LogP contribution in [0.4, 0.5) is 4.39 Å². The number of aromatic nitrogens is 3. The molecule has 2 atom stereocenters.